The van der Waals surface area contributed by atoms with Gasteiger partial charge in [0.2, 0.25) is 5.91 Å². The number of hydrogen-bond acceptors (Lipinski definition) is 5. The first kappa shape index (κ1) is 17.4. The summed E-state index contributed by atoms with van der Waals surface area (Å²) in [5, 5.41) is 21.5. The number of amides is 1. The third-order valence-electron chi connectivity index (χ3n) is 5.18. The summed E-state index contributed by atoms with van der Waals surface area (Å²) in [6.07, 6.45) is 6.46. The zero-order valence-corrected chi connectivity index (χ0v) is 14.7. The van der Waals surface area contributed by atoms with Crippen LogP contribution >= 0.6 is 0 Å². The predicted molar refractivity (Wildman–Crippen MR) is 88.2 cm³/mol. The molecule has 0 bridgehead atoms. The van der Waals surface area contributed by atoms with Crippen molar-refractivity contribution >= 4 is 5.91 Å². The zero-order chi connectivity index (χ0) is 17.3. The van der Waals surface area contributed by atoms with Gasteiger partial charge in [0.15, 0.2) is 0 Å². The van der Waals surface area contributed by atoms with E-state index in [9.17, 15) is 9.90 Å². The number of nitrogens with one attached hydrogen (secondary N) is 1. The van der Waals surface area contributed by atoms with E-state index in [4.69, 9.17) is 4.74 Å². The molecule has 1 amide bonds. The van der Waals surface area contributed by atoms with Gasteiger partial charge in [-0.3, -0.25) is 4.79 Å². The summed E-state index contributed by atoms with van der Waals surface area (Å²) in [6.45, 7) is 6.11. The smallest absolute Gasteiger partial charge is 0.249 e. The first-order valence-electron chi connectivity index (χ1n) is 8.93. The van der Waals surface area contributed by atoms with Gasteiger partial charge >= 0.3 is 0 Å². The molecule has 1 aromatic rings. The van der Waals surface area contributed by atoms with Crippen LogP contribution in [0.1, 0.15) is 64.6 Å². The highest BCUT2D eigenvalue weighted by molar-refractivity contribution is 5.81. The highest BCUT2D eigenvalue weighted by atomic mass is 16.5. The van der Waals surface area contributed by atoms with Gasteiger partial charge < -0.3 is 15.2 Å². The number of aliphatic hydroxyl groups is 1. The van der Waals surface area contributed by atoms with Crippen molar-refractivity contribution in [2.45, 2.75) is 76.7 Å². The average molecular weight is 336 g/mol. The molecular weight excluding hydrogens is 308 g/mol. The van der Waals surface area contributed by atoms with Crippen LogP contribution in [0, 0.1) is 5.92 Å². The maximum absolute atomic E-state index is 12.5. The zero-order valence-electron chi connectivity index (χ0n) is 14.7. The average Bonchev–Trinajstić information content (AvgIpc) is 3.16. The molecule has 3 rings (SSSR count). The van der Waals surface area contributed by atoms with Gasteiger partial charge in [-0.1, -0.05) is 25.0 Å². The van der Waals surface area contributed by atoms with Gasteiger partial charge in [-0.05, 0) is 39.0 Å². The van der Waals surface area contributed by atoms with Crippen molar-refractivity contribution < 1.29 is 14.6 Å². The molecule has 24 heavy (non-hydrogen) atoms. The topological polar surface area (TPSA) is 89.3 Å². The second kappa shape index (κ2) is 6.80. The highest BCUT2D eigenvalue weighted by Gasteiger charge is 2.35. The lowest BCUT2D eigenvalue weighted by Crippen LogP contribution is -2.48. The molecule has 2 heterocycles. The number of rotatable bonds is 4. The first-order valence-corrected chi connectivity index (χ1v) is 8.93. The van der Waals surface area contributed by atoms with Crippen molar-refractivity contribution in [3.8, 4) is 0 Å². The number of hydrogen-bond donors (Lipinski definition) is 2. The number of ether oxygens (including phenoxy) is 1. The van der Waals surface area contributed by atoms with E-state index in [1.54, 1.807) is 24.7 Å². The van der Waals surface area contributed by atoms with E-state index in [1.165, 1.54) is 0 Å². The van der Waals surface area contributed by atoms with Crippen LogP contribution in [0.3, 0.4) is 0 Å². The van der Waals surface area contributed by atoms with E-state index < -0.39 is 5.60 Å². The molecule has 1 saturated heterocycles. The lowest BCUT2D eigenvalue weighted by molar-refractivity contribution is -0.132. The van der Waals surface area contributed by atoms with E-state index >= 15 is 0 Å². The Morgan fingerprint density at radius 1 is 1.38 bits per heavy atom. The van der Waals surface area contributed by atoms with Crippen LogP contribution < -0.4 is 5.32 Å². The van der Waals surface area contributed by atoms with E-state index in [1.807, 2.05) is 0 Å². The quantitative estimate of drug-likeness (QED) is 0.870. The van der Waals surface area contributed by atoms with Crippen LogP contribution in [0.25, 0.3) is 0 Å². The second-order valence-corrected chi connectivity index (χ2v) is 7.67. The maximum Gasteiger partial charge on any atom is 0.249 e. The van der Waals surface area contributed by atoms with Gasteiger partial charge in [0.1, 0.15) is 17.4 Å². The maximum atomic E-state index is 12.5. The van der Waals surface area contributed by atoms with Gasteiger partial charge in [-0.25, -0.2) is 4.68 Å². The molecule has 1 aliphatic carbocycles. The summed E-state index contributed by atoms with van der Waals surface area (Å²) in [5.74, 6) is 0.250. The molecule has 7 nitrogen and oxygen atoms in total. The molecule has 0 spiro atoms. The summed E-state index contributed by atoms with van der Waals surface area (Å²) in [7, 11) is 0. The minimum Gasteiger partial charge on any atom is -0.384 e. The number of carbonyl (C=O) groups excluding carboxylic acids is 1. The third kappa shape index (κ3) is 3.62. The standard InChI is InChI=1S/C17H28N4O3/c1-11-8-9-24-15(11)16(22)18-12-6-4-5-7-13(12)21-10-14(19-20-21)17(2,3)23/h10-13,15,23H,4-9H2,1-3H3,(H,18,22)/t11-,12-,13+,15+/m0/s1. The molecular formula is C17H28N4O3. The molecule has 1 aliphatic heterocycles. The molecule has 4 atom stereocenters. The van der Waals surface area contributed by atoms with Crippen molar-refractivity contribution in [3.63, 3.8) is 0 Å². The molecule has 2 N–H and O–H groups in total. The van der Waals surface area contributed by atoms with Gasteiger partial charge in [-0.2, -0.15) is 0 Å². The fraction of sp³-hybridized carbons (Fsp3) is 0.824. The van der Waals surface area contributed by atoms with E-state index in [-0.39, 0.29) is 30.0 Å². The Bertz CT molecular complexity index is 581. The molecule has 2 fully saturated rings. The van der Waals surface area contributed by atoms with Crippen LogP contribution in [0.5, 0.6) is 0 Å². The Morgan fingerprint density at radius 2 is 2.12 bits per heavy atom. The lowest BCUT2D eigenvalue weighted by atomic mass is 9.89. The molecule has 7 heteroatoms. The minimum absolute atomic E-state index is 0.0141. The molecule has 134 valence electrons. The Kier molecular flexibility index (Phi) is 4.92. The minimum atomic E-state index is -1.02. The Hall–Kier alpha value is -1.47. The lowest BCUT2D eigenvalue weighted by Gasteiger charge is -2.33. The SMILES string of the molecule is C[C@H]1CCO[C@H]1C(=O)N[C@H]1CCCC[C@H]1n1cc(C(C)(C)O)nn1. The fourth-order valence-corrected chi connectivity index (χ4v) is 3.61. The van der Waals surface area contributed by atoms with Crippen LogP contribution in [0.2, 0.25) is 0 Å². The number of carbonyl (C=O) groups is 1. The van der Waals surface area contributed by atoms with Crippen molar-refractivity contribution in [2.24, 2.45) is 5.92 Å². The largest absolute Gasteiger partial charge is 0.384 e. The Labute approximate surface area is 142 Å². The van der Waals surface area contributed by atoms with Gasteiger partial charge in [0, 0.05) is 6.61 Å². The third-order valence-corrected chi connectivity index (χ3v) is 5.18. The number of nitrogens with zero attached hydrogens (tertiary/aromatic N) is 3. The predicted octanol–water partition coefficient (Wildman–Crippen LogP) is 1.53. The highest BCUT2D eigenvalue weighted by Crippen LogP contribution is 2.30. The fourth-order valence-electron chi connectivity index (χ4n) is 3.61. The molecule has 0 unspecified atom stereocenters. The number of aromatic nitrogens is 3. The van der Waals surface area contributed by atoms with Crippen molar-refractivity contribution in [1.29, 1.82) is 0 Å². The summed E-state index contributed by atoms with van der Waals surface area (Å²) in [4.78, 5) is 12.5. The molecule has 0 radical (unpaired) electrons. The van der Waals surface area contributed by atoms with Crippen LogP contribution in [-0.4, -0.2) is 44.8 Å². The molecule has 2 aliphatic rings. The molecule has 1 saturated carbocycles. The normalized spacial score (nSPS) is 31.2. The van der Waals surface area contributed by atoms with Crippen molar-refractivity contribution in [3.05, 3.63) is 11.9 Å². The second-order valence-electron chi connectivity index (χ2n) is 7.67. The van der Waals surface area contributed by atoms with E-state index in [0.29, 0.717) is 12.3 Å². The van der Waals surface area contributed by atoms with Crippen molar-refractivity contribution in [1.82, 2.24) is 20.3 Å². The first-order chi connectivity index (χ1) is 11.4. The molecule has 1 aromatic heterocycles. The molecule has 0 aromatic carbocycles. The van der Waals surface area contributed by atoms with E-state index in [2.05, 4.69) is 22.6 Å². The van der Waals surface area contributed by atoms with Crippen molar-refractivity contribution in [2.75, 3.05) is 6.61 Å². The Morgan fingerprint density at radius 3 is 2.75 bits per heavy atom. The van der Waals surface area contributed by atoms with Crippen LogP contribution in [0.4, 0.5) is 0 Å². The monoisotopic (exact) mass is 336 g/mol. The van der Waals surface area contributed by atoms with Gasteiger partial charge in [0.05, 0.1) is 18.3 Å². The summed E-state index contributed by atoms with van der Waals surface area (Å²) >= 11 is 0. The summed E-state index contributed by atoms with van der Waals surface area (Å²) in [5.41, 5.74) is -0.468. The van der Waals surface area contributed by atoms with Crippen LogP contribution in [-0.2, 0) is 15.1 Å². The Balaban J connectivity index is 1.71. The van der Waals surface area contributed by atoms with Gasteiger partial charge in [-0.15, -0.1) is 5.10 Å². The van der Waals surface area contributed by atoms with Gasteiger partial charge in [0.25, 0.3) is 0 Å². The summed E-state index contributed by atoms with van der Waals surface area (Å²) in [6, 6.07) is 0.0991. The summed E-state index contributed by atoms with van der Waals surface area (Å²) < 4.78 is 7.38. The van der Waals surface area contributed by atoms with E-state index in [0.717, 1.165) is 32.1 Å². The van der Waals surface area contributed by atoms with Crippen LogP contribution in [0.15, 0.2) is 6.20 Å².